The van der Waals surface area contributed by atoms with Gasteiger partial charge in [-0.25, -0.2) is 0 Å². The fourth-order valence-electron chi connectivity index (χ4n) is 3.88. The zero-order valence-corrected chi connectivity index (χ0v) is 19.8. The summed E-state index contributed by atoms with van der Waals surface area (Å²) in [7, 11) is 3.22. The van der Waals surface area contributed by atoms with E-state index in [-0.39, 0.29) is 18.2 Å². The minimum Gasteiger partial charge on any atom is -0.497 e. The Hall–Kier alpha value is -3.60. The lowest BCUT2D eigenvalue weighted by Gasteiger charge is -2.31. The smallest absolute Gasteiger partial charge is 0.242 e. The number of nitrogens with one attached hydrogen (secondary N) is 1. The zero-order chi connectivity index (χ0) is 23.8. The molecule has 0 aliphatic heterocycles. The number of hydrogen-bond acceptors (Lipinski definition) is 3. The van der Waals surface area contributed by atoms with E-state index in [0.717, 1.165) is 22.3 Å². The summed E-state index contributed by atoms with van der Waals surface area (Å²) < 4.78 is 5.36. The molecule has 0 spiro atoms. The molecule has 3 aromatic carbocycles. The van der Waals surface area contributed by atoms with Gasteiger partial charge in [0, 0.05) is 20.0 Å². The summed E-state index contributed by atoms with van der Waals surface area (Å²) in [6.07, 6.45) is 0.663. The summed E-state index contributed by atoms with van der Waals surface area (Å²) in [4.78, 5) is 28.3. The predicted octanol–water partition coefficient (Wildman–Crippen LogP) is 4.24. The molecule has 1 atom stereocenters. The van der Waals surface area contributed by atoms with E-state index in [9.17, 15) is 9.59 Å². The fraction of sp³-hybridized carbons (Fsp3) is 0.286. The maximum atomic E-state index is 13.6. The lowest BCUT2D eigenvalue weighted by molar-refractivity contribution is -0.140. The highest BCUT2D eigenvalue weighted by atomic mass is 16.5. The van der Waals surface area contributed by atoms with Gasteiger partial charge >= 0.3 is 0 Å². The molecule has 0 saturated heterocycles. The van der Waals surface area contributed by atoms with Crippen molar-refractivity contribution < 1.29 is 14.3 Å². The van der Waals surface area contributed by atoms with Gasteiger partial charge in [0.15, 0.2) is 0 Å². The third-order valence-corrected chi connectivity index (χ3v) is 5.93. The van der Waals surface area contributed by atoms with Crippen LogP contribution in [0.1, 0.15) is 27.8 Å². The van der Waals surface area contributed by atoms with E-state index in [0.29, 0.717) is 18.7 Å². The summed E-state index contributed by atoms with van der Waals surface area (Å²) in [5.74, 6) is 0.439. The van der Waals surface area contributed by atoms with E-state index >= 15 is 0 Å². The van der Waals surface area contributed by atoms with Crippen molar-refractivity contribution in [2.75, 3.05) is 14.2 Å². The van der Waals surface area contributed by atoms with Gasteiger partial charge in [0.05, 0.1) is 13.5 Å². The van der Waals surface area contributed by atoms with E-state index in [1.807, 2.05) is 79.7 Å². The quantitative estimate of drug-likeness (QED) is 0.537. The Kier molecular flexibility index (Phi) is 8.25. The second-order valence-corrected chi connectivity index (χ2v) is 8.29. The molecule has 0 bridgehead atoms. The van der Waals surface area contributed by atoms with Crippen LogP contribution in [0.15, 0.2) is 72.8 Å². The normalized spacial score (nSPS) is 11.5. The van der Waals surface area contributed by atoms with Crippen LogP contribution in [0.4, 0.5) is 0 Å². The number of likely N-dealkylation sites (N-methyl/N-ethyl adjacent to an activating group) is 1. The molecule has 3 aromatic rings. The van der Waals surface area contributed by atoms with Crippen LogP contribution in [-0.2, 0) is 29.0 Å². The third kappa shape index (κ3) is 6.45. The highest BCUT2D eigenvalue weighted by Crippen LogP contribution is 2.20. The molecule has 2 amide bonds. The highest BCUT2D eigenvalue weighted by molar-refractivity contribution is 5.88. The summed E-state index contributed by atoms with van der Waals surface area (Å²) in [5, 5.41) is 2.75. The molecule has 0 aromatic heterocycles. The number of hydrogen-bond donors (Lipinski definition) is 1. The number of carbonyl (C=O) groups excluding carboxylic acids is 2. The molecule has 0 saturated carbocycles. The Morgan fingerprint density at radius 1 is 0.879 bits per heavy atom. The van der Waals surface area contributed by atoms with Gasteiger partial charge in [-0.2, -0.15) is 0 Å². The molecule has 0 aliphatic carbocycles. The van der Waals surface area contributed by atoms with Crippen molar-refractivity contribution in [2.45, 2.75) is 39.3 Å². The van der Waals surface area contributed by atoms with Gasteiger partial charge in [0.25, 0.3) is 0 Å². The number of ether oxygens (including phenoxy) is 1. The van der Waals surface area contributed by atoms with Gasteiger partial charge in [0.2, 0.25) is 11.8 Å². The van der Waals surface area contributed by atoms with Gasteiger partial charge in [-0.3, -0.25) is 9.59 Å². The SMILES string of the molecule is CNC(=O)[C@@H](Cc1ccccc1)N(Cc1cccc(OC)c1)C(=O)Cc1ccc(C)c(C)c1. The second-order valence-electron chi connectivity index (χ2n) is 8.29. The third-order valence-electron chi connectivity index (χ3n) is 5.93. The number of amides is 2. The monoisotopic (exact) mass is 444 g/mol. The first kappa shape index (κ1) is 24.1. The Balaban J connectivity index is 1.96. The van der Waals surface area contributed by atoms with E-state index in [1.165, 1.54) is 5.56 Å². The topological polar surface area (TPSA) is 58.6 Å². The van der Waals surface area contributed by atoms with Crippen molar-refractivity contribution >= 4 is 11.8 Å². The van der Waals surface area contributed by atoms with E-state index in [2.05, 4.69) is 12.2 Å². The molecule has 5 nitrogen and oxygen atoms in total. The number of carbonyl (C=O) groups is 2. The Morgan fingerprint density at radius 3 is 2.27 bits per heavy atom. The largest absolute Gasteiger partial charge is 0.497 e. The predicted molar refractivity (Wildman–Crippen MR) is 131 cm³/mol. The van der Waals surface area contributed by atoms with Crippen molar-refractivity contribution in [2.24, 2.45) is 0 Å². The maximum absolute atomic E-state index is 13.6. The minimum absolute atomic E-state index is 0.0920. The van der Waals surface area contributed by atoms with Crippen molar-refractivity contribution in [3.8, 4) is 5.75 Å². The van der Waals surface area contributed by atoms with Gasteiger partial charge in [-0.15, -0.1) is 0 Å². The first-order valence-electron chi connectivity index (χ1n) is 11.1. The molecule has 0 aliphatic rings. The number of aryl methyl sites for hydroxylation is 2. The summed E-state index contributed by atoms with van der Waals surface area (Å²) >= 11 is 0. The van der Waals surface area contributed by atoms with Crippen LogP contribution < -0.4 is 10.1 Å². The van der Waals surface area contributed by atoms with Gasteiger partial charge in [0.1, 0.15) is 11.8 Å². The van der Waals surface area contributed by atoms with Crippen molar-refractivity contribution in [1.29, 1.82) is 0 Å². The minimum atomic E-state index is -0.636. The summed E-state index contributed by atoms with van der Waals surface area (Å²) in [6, 6.07) is 22.8. The molecular weight excluding hydrogens is 412 g/mol. The first-order valence-corrected chi connectivity index (χ1v) is 11.1. The number of methoxy groups -OCH3 is 1. The molecule has 0 radical (unpaired) electrons. The Morgan fingerprint density at radius 2 is 1.61 bits per heavy atom. The van der Waals surface area contributed by atoms with Crippen LogP contribution in [0.3, 0.4) is 0 Å². The summed E-state index contributed by atoms with van der Waals surface area (Å²) in [5.41, 5.74) is 5.18. The molecule has 3 rings (SSSR count). The second kappa shape index (κ2) is 11.3. The fourth-order valence-corrected chi connectivity index (χ4v) is 3.88. The molecular formula is C28H32N2O3. The number of benzene rings is 3. The van der Waals surface area contributed by atoms with Crippen LogP contribution in [0, 0.1) is 13.8 Å². The molecule has 0 unspecified atom stereocenters. The van der Waals surface area contributed by atoms with E-state index in [4.69, 9.17) is 4.74 Å². The molecule has 172 valence electrons. The average molecular weight is 445 g/mol. The summed E-state index contributed by atoms with van der Waals surface area (Å²) in [6.45, 7) is 4.41. The van der Waals surface area contributed by atoms with Crippen LogP contribution in [0.25, 0.3) is 0 Å². The zero-order valence-electron chi connectivity index (χ0n) is 19.8. The standard InChI is InChI=1S/C28H32N2O3/c1-20-13-14-23(15-21(20)2)18-27(31)30(19-24-11-8-12-25(16-24)33-4)26(28(32)29-3)17-22-9-6-5-7-10-22/h5-16,26H,17-19H2,1-4H3,(H,29,32)/t26-/m1/s1. The van der Waals surface area contributed by atoms with Gasteiger partial charge in [-0.05, 0) is 53.8 Å². The Bertz CT molecular complexity index is 1100. The first-order chi connectivity index (χ1) is 15.9. The Labute approximate surface area is 196 Å². The van der Waals surface area contributed by atoms with Crippen molar-refractivity contribution in [1.82, 2.24) is 10.2 Å². The van der Waals surface area contributed by atoms with E-state index < -0.39 is 6.04 Å². The molecule has 0 heterocycles. The molecule has 33 heavy (non-hydrogen) atoms. The van der Waals surface area contributed by atoms with Crippen molar-refractivity contribution in [3.63, 3.8) is 0 Å². The van der Waals surface area contributed by atoms with Gasteiger partial charge in [-0.1, -0.05) is 60.7 Å². The maximum Gasteiger partial charge on any atom is 0.242 e. The average Bonchev–Trinajstić information content (AvgIpc) is 2.83. The molecule has 1 N–H and O–H groups in total. The van der Waals surface area contributed by atoms with Crippen LogP contribution >= 0.6 is 0 Å². The highest BCUT2D eigenvalue weighted by Gasteiger charge is 2.30. The number of nitrogens with zero attached hydrogens (tertiary/aromatic N) is 1. The van der Waals surface area contributed by atoms with E-state index in [1.54, 1.807) is 19.1 Å². The van der Waals surface area contributed by atoms with Crippen LogP contribution in [0.2, 0.25) is 0 Å². The van der Waals surface area contributed by atoms with Crippen LogP contribution in [-0.4, -0.2) is 36.9 Å². The lowest BCUT2D eigenvalue weighted by Crippen LogP contribution is -2.50. The van der Waals surface area contributed by atoms with Crippen LogP contribution in [0.5, 0.6) is 5.75 Å². The van der Waals surface area contributed by atoms with Gasteiger partial charge < -0.3 is 15.0 Å². The molecule has 5 heteroatoms. The van der Waals surface area contributed by atoms with Crippen molar-refractivity contribution in [3.05, 3.63) is 101 Å². The lowest BCUT2D eigenvalue weighted by atomic mass is 10.0. The molecule has 0 fully saturated rings. The number of rotatable bonds is 9.